The van der Waals surface area contributed by atoms with Crippen LogP contribution in [0.15, 0.2) is 71.3 Å². The van der Waals surface area contributed by atoms with Gasteiger partial charge in [0, 0.05) is 24.3 Å². The van der Waals surface area contributed by atoms with Crippen LogP contribution >= 0.6 is 0 Å². The number of anilines is 1. The molecule has 6 nitrogen and oxygen atoms in total. The van der Waals surface area contributed by atoms with Crippen LogP contribution in [0.1, 0.15) is 44.9 Å². The van der Waals surface area contributed by atoms with Gasteiger partial charge in [-0.1, -0.05) is 30.3 Å². The molecule has 3 aromatic rings. The van der Waals surface area contributed by atoms with Gasteiger partial charge >= 0.3 is 0 Å². The zero-order valence-corrected chi connectivity index (χ0v) is 16.8. The molecule has 0 aliphatic carbocycles. The molecule has 154 valence electrons. The van der Waals surface area contributed by atoms with Gasteiger partial charge in [0.1, 0.15) is 0 Å². The Morgan fingerprint density at radius 2 is 1.70 bits per heavy atom. The van der Waals surface area contributed by atoms with Crippen LogP contribution in [0.4, 0.5) is 5.69 Å². The van der Waals surface area contributed by atoms with Gasteiger partial charge in [-0.3, -0.25) is 14.5 Å². The lowest BCUT2D eigenvalue weighted by Crippen LogP contribution is -2.25. The van der Waals surface area contributed by atoms with Crippen LogP contribution in [-0.4, -0.2) is 29.8 Å². The summed E-state index contributed by atoms with van der Waals surface area (Å²) in [5.41, 5.74) is 3.40. The van der Waals surface area contributed by atoms with E-state index < -0.39 is 0 Å². The zero-order valence-electron chi connectivity index (χ0n) is 16.8. The van der Waals surface area contributed by atoms with Crippen LogP contribution in [0.2, 0.25) is 0 Å². The molecule has 2 aromatic carbocycles. The first-order chi connectivity index (χ1) is 14.7. The highest BCUT2D eigenvalue weighted by molar-refractivity contribution is 6.03. The maximum Gasteiger partial charge on any atom is 0.291 e. The number of hydrogen-bond donors (Lipinski definition) is 2. The van der Waals surface area contributed by atoms with E-state index in [4.69, 9.17) is 4.42 Å². The Morgan fingerprint density at radius 3 is 2.47 bits per heavy atom. The van der Waals surface area contributed by atoms with Crippen molar-refractivity contribution in [3.63, 3.8) is 0 Å². The second kappa shape index (κ2) is 9.41. The molecule has 2 heterocycles. The molecule has 0 spiro atoms. The van der Waals surface area contributed by atoms with Crippen molar-refractivity contribution in [1.29, 1.82) is 0 Å². The zero-order chi connectivity index (χ0) is 20.8. The maximum atomic E-state index is 12.7. The van der Waals surface area contributed by atoms with E-state index in [9.17, 15) is 9.59 Å². The number of rotatable bonds is 7. The predicted molar refractivity (Wildman–Crippen MR) is 115 cm³/mol. The molecule has 6 heteroatoms. The molecule has 1 saturated heterocycles. The first-order valence-corrected chi connectivity index (χ1v) is 10.2. The lowest BCUT2D eigenvalue weighted by molar-refractivity contribution is 0.0948. The number of benzene rings is 2. The molecule has 1 aliphatic heterocycles. The number of furan rings is 1. The monoisotopic (exact) mass is 403 g/mol. The third-order valence-electron chi connectivity index (χ3n) is 5.28. The third kappa shape index (κ3) is 4.96. The van der Waals surface area contributed by atoms with Crippen molar-refractivity contribution < 1.29 is 14.0 Å². The highest BCUT2D eigenvalue weighted by Gasteiger charge is 2.15. The van der Waals surface area contributed by atoms with Gasteiger partial charge in [-0.15, -0.1) is 0 Å². The van der Waals surface area contributed by atoms with Gasteiger partial charge in [0.05, 0.1) is 6.26 Å². The van der Waals surface area contributed by atoms with Crippen molar-refractivity contribution in [3.05, 3.63) is 89.4 Å². The van der Waals surface area contributed by atoms with Crippen LogP contribution in [0.5, 0.6) is 0 Å². The van der Waals surface area contributed by atoms with Crippen molar-refractivity contribution in [2.75, 3.05) is 18.4 Å². The normalized spacial score (nSPS) is 13.9. The summed E-state index contributed by atoms with van der Waals surface area (Å²) < 4.78 is 5.10. The van der Waals surface area contributed by atoms with Crippen molar-refractivity contribution in [2.24, 2.45) is 0 Å². The minimum Gasteiger partial charge on any atom is -0.459 e. The topological polar surface area (TPSA) is 74.6 Å². The lowest BCUT2D eigenvalue weighted by Gasteiger charge is -2.17. The summed E-state index contributed by atoms with van der Waals surface area (Å²) in [5.74, 6) is -0.312. The van der Waals surface area contributed by atoms with E-state index in [2.05, 4.69) is 27.7 Å². The van der Waals surface area contributed by atoms with Gasteiger partial charge in [0.15, 0.2) is 5.76 Å². The van der Waals surface area contributed by atoms with Crippen molar-refractivity contribution in [2.45, 2.75) is 25.9 Å². The molecule has 30 heavy (non-hydrogen) atoms. The number of likely N-dealkylation sites (tertiary alicyclic amines) is 1. The molecule has 0 bridgehead atoms. The Bertz CT molecular complexity index is 1010. The largest absolute Gasteiger partial charge is 0.459 e. The molecule has 2 N–H and O–H groups in total. The van der Waals surface area contributed by atoms with E-state index in [0.29, 0.717) is 17.8 Å². The smallest absolute Gasteiger partial charge is 0.291 e. The Kier molecular flexibility index (Phi) is 6.25. The Balaban J connectivity index is 1.38. The number of hydrogen-bond acceptors (Lipinski definition) is 4. The fraction of sp³-hybridized carbons (Fsp3) is 0.250. The fourth-order valence-electron chi connectivity index (χ4n) is 3.68. The summed E-state index contributed by atoms with van der Waals surface area (Å²) in [4.78, 5) is 27.3. The van der Waals surface area contributed by atoms with E-state index in [1.807, 2.05) is 12.1 Å². The molecule has 0 saturated carbocycles. The first-order valence-electron chi connectivity index (χ1n) is 10.2. The highest BCUT2D eigenvalue weighted by Crippen LogP contribution is 2.17. The van der Waals surface area contributed by atoms with E-state index in [1.54, 1.807) is 36.4 Å². The van der Waals surface area contributed by atoms with Crippen LogP contribution in [0, 0.1) is 0 Å². The molecule has 1 fully saturated rings. The van der Waals surface area contributed by atoms with Crippen LogP contribution < -0.4 is 10.6 Å². The van der Waals surface area contributed by atoms with Crippen LogP contribution in [0.25, 0.3) is 0 Å². The average molecular weight is 403 g/mol. The van der Waals surface area contributed by atoms with Gasteiger partial charge in [-0.25, -0.2) is 0 Å². The molecule has 1 aliphatic rings. The number of amides is 2. The quantitative estimate of drug-likeness (QED) is 0.624. The minimum atomic E-state index is -0.353. The second-order valence-corrected chi connectivity index (χ2v) is 7.45. The van der Waals surface area contributed by atoms with Crippen molar-refractivity contribution >= 4 is 17.5 Å². The molecule has 2 amide bonds. The van der Waals surface area contributed by atoms with Gasteiger partial charge in [0.2, 0.25) is 0 Å². The Morgan fingerprint density at radius 1 is 0.900 bits per heavy atom. The molecule has 1 aromatic heterocycles. The van der Waals surface area contributed by atoms with Crippen molar-refractivity contribution in [1.82, 2.24) is 10.2 Å². The third-order valence-corrected chi connectivity index (χ3v) is 5.28. The molecule has 0 radical (unpaired) electrons. The molecule has 0 unspecified atom stereocenters. The number of nitrogens with zero attached hydrogens (tertiary/aromatic N) is 1. The van der Waals surface area contributed by atoms with E-state index in [-0.39, 0.29) is 17.6 Å². The second-order valence-electron chi connectivity index (χ2n) is 7.45. The lowest BCUT2D eigenvalue weighted by atomic mass is 10.1. The minimum absolute atomic E-state index is 0.180. The number of carbonyl (C=O) groups is 2. The highest BCUT2D eigenvalue weighted by atomic mass is 16.3. The standard InChI is InChI=1S/C24H25N3O3/c28-23(18-9-5-10-21(15-18)26-24(29)22-11-6-14-30-22)25-16-19-7-1-2-8-20(19)17-27-12-3-4-13-27/h1-2,5-11,14-15H,3-4,12-13,16-17H2,(H,25,28)(H,26,29). The molecular formula is C24H25N3O3. The summed E-state index contributed by atoms with van der Waals surface area (Å²) >= 11 is 0. The molecule has 4 rings (SSSR count). The number of carbonyl (C=O) groups excluding carboxylic acids is 2. The summed E-state index contributed by atoms with van der Waals surface area (Å²) in [6.45, 7) is 3.65. The fourth-order valence-corrected chi connectivity index (χ4v) is 3.68. The first kappa shape index (κ1) is 19.9. The summed E-state index contributed by atoms with van der Waals surface area (Å²) in [7, 11) is 0. The summed E-state index contributed by atoms with van der Waals surface area (Å²) in [6.07, 6.45) is 3.96. The van der Waals surface area contributed by atoms with Gasteiger partial charge in [0.25, 0.3) is 11.8 Å². The maximum absolute atomic E-state index is 12.7. The SMILES string of the molecule is O=C(NCc1ccccc1CN1CCCC1)c1cccc(NC(=O)c2ccco2)c1. The van der Waals surface area contributed by atoms with Crippen LogP contribution in [-0.2, 0) is 13.1 Å². The predicted octanol–water partition coefficient (Wildman–Crippen LogP) is 4.06. The average Bonchev–Trinajstić information content (AvgIpc) is 3.47. The molecular weight excluding hydrogens is 378 g/mol. The Labute approximate surface area is 175 Å². The summed E-state index contributed by atoms with van der Waals surface area (Å²) in [5, 5.41) is 5.74. The van der Waals surface area contributed by atoms with Crippen LogP contribution in [0.3, 0.4) is 0 Å². The van der Waals surface area contributed by atoms with E-state index in [1.165, 1.54) is 24.7 Å². The Hall–Kier alpha value is -3.38. The number of nitrogens with one attached hydrogen (secondary N) is 2. The van der Waals surface area contributed by atoms with E-state index in [0.717, 1.165) is 25.2 Å². The van der Waals surface area contributed by atoms with Gasteiger partial charge < -0.3 is 15.1 Å². The molecule has 0 atom stereocenters. The van der Waals surface area contributed by atoms with Crippen molar-refractivity contribution in [3.8, 4) is 0 Å². The van der Waals surface area contributed by atoms with E-state index >= 15 is 0 Å². The van der Waals surface area contributed by atoms with Gasteiger partial charge in [-0.05, 0) is 67.4 Å². The summed E-state index contributed by atoms with van der Waals surface area (Å²) in [6, 6.07) is 18.3. The van der Waals surface area contributed by atoms with Gasteiger partial charge in [-0.2, -0.15) is 0 Å².